The number of benzene rings is 1. The highest BCUT2D eigenvalue weighted by atomic mass is 16.5. The molecule has 0 bridgehead atoms. The van der Waals surface area contributed by atoms with E-state index < -0.39 is 0 Å². The van der Waals surface area contributed by atoms with Gasteiger partial charge in [-0.3, -0.25) is 4.79 Å². The lowest BCUT2D eigenvalue weighted by molar-refractivity contribution is -0.122. The third-order valence-electron chi connectivity index (χ3n) is 3.05. The molecule has 0 aromatic heterocycles. The molecule has 1 aromatic carbocycles. The number of likely N-dealkylation sites (N-methyl/N-ethyl adjacent to an activating group) is 1. The van der Waals surface area contributed by atoms with Crippen molar-refractivity contribution < 1.29 is 14.6 Å². The Bertz CT molecular complexity index is 421. The van der Waals surface area contributed by atoms with E-state index in [9.17, 15) is 9.90 Å². The number of carbonyl (C=O) groups is 1. The van der Waals surface area contributed by atoms with Gasteiger partial charge in [-0.1, -0.05) is 32.0 Å². The van der Waals surface area contributed by atoms with Crippen LogP contribution in [0.1, 0.15) is 19.4 Å². The highest BCUT2D eigenvalue weighted by molar-refractivity contribution is 5.77. The summed E-state index contributed by atoms with van der Waals surface area (Å²) >= 11 is 0. The van der Waals surface area contributed by atoms with Gasteiger partial charge in [-0.05, 0) is 12.0 Å². The fourth-order valence-electron chi connectivity index (χ4n) is 1.60. The molecule has 1 amide bonds. The van der Waals surface area contributed by atoms with Gasteiger partial charge in [0.1, 0.15) is 5.75 Å². The number of ether oxygens (including phenoxy) is 1. The van der Waals surface area contributed by atoms with E-state index in [1.54, 1.807) is 7.05 Å². The zero-order valence-electron chi connectivity index (χ0n) is 12.3. The first-order chi connectivity index (χ1) is 9.54. The third-order valence-corrected chi connectivity index (χ3v) is 3.05. The maximum atomic E-state index is 11.2. The molecule has 1 atom stereocenters. The lowest BCUT2D eigenvalue weighted by Gasteiger charge is -2.16. The number of aliphatic hydroxyl groups excluding tert-OH is 1. The molecule has 0 saturated heterocycles. The van der Waals surface area contributed by atoms with E-state index in [4.69, 9.17) is 4.74 Å². The van der Waals surface area contributed by atoms with Crippen molar-refractivity contribution in [2.75, 3.05) is 20.2 Å². The molecule has 112 valence electrons. The summed E-state index contributed by atoms with van der Waals surface area (Å²) in [4.78, 5) is 11.2. The van der Waals surface area contributed by atoms with E-state index in [0.29, 0.717) is 18.8 Å². The summed E-state index contributed by atoms with van der Waals surface area (Å²) in [5.74, 6) is 0.743. The topological polar surface area (TPSA) is 70.6 Å². The number of amides is 1. The zero-order chi connectivity index (χ0) is 15.0. The van der Waals surface area contributed by atoms with Crippen LogP contribution in [0, 0.1) is 5.92 Å². The second kappa shape index (κ2) is 8.55. The minimum atomic E-state index is -0.367. The van der Waals surface area contributed by atoms with Crippen molar-refractivity contribution in [3.05, 3.63) is 29.8 Å². The maximum Gasteiger partial charge on any atom is 0.257 e. The molecular formula is C15H24N2O3. The first-order valence-electron chi connectivity index (χ1n) is 6.84. The molecule has 5 heteroatoms. The Hall–Kier alpha value is -1.59. The summed E-state index contributed by atoms with van der Waals surface area (Å²) in [6.07, 6.45) is -0.367. The van der Waals surface area contributed by atoms with Crippen LogP contribution in [0.3, 0.4) is 0 Å². The van der Waals surface area contributed by atoms with E-state index in [1.807, 2.05) is 38.1 Å². The van der Waals surface area contributed by atoms with Crippen LogP contribution in [0.4, 0.5) is 0 Å². The predicted molar refractivity (Wildman–Crippen MR) is 78.6 cm³/mol. The van der Waals surface area contributed by atoms with Crippen LogP contribution in [-0.4, -0.2) is 37.3 Å². The Morgan fingerprint density at radius 3 is 2.70 bits per heavy atom. The van der Waals surface area contributed by atoms with Crippen molar-refractivity contribution in [3.8, 4) is 5.75 Å². The van der Waals surface area contributed by atoms with Crippen molar-refractivity contribution in [1.82, 2.24) is 10.6 Å². The molecule has 1 unspecified atom stereocenters. The Morgan fingerprint density at radius 2 is 2.05 bits per heavy atom. The minimum absolute atomic E-state index is 0.00212. The van der Waals surface area contributed by atoms with Crippen molar-refractivity contribution in [1.29, 1.82) is 0 Å². The van der Waals surface area contributed by atoms with E-state index in [1.165, 1.54) is 0 Å². The summed E-state index contributed by atoms with van der Waals surface area (Å²) in [5, 5.41) is 15.4. The molecule has 0 fully saturated rings. The molecule has 0 aliphatic carbocycles. The SMILES string of the molecule is CNC(=O)COc1ccccc1CNCC(O)C(C)C. The third kappa shape index (κ3) is 5.59. The quantitative estimate of drug-likeness (QED) is 0.662. The zero-order valence-corrected chi connectivity index (χ0v) is 12.3. The predicted octanol–water partition coefficient (Wildman–Crippen LogP) is 0.918. The molecule has 0 heterocycles. The van der Waals surface area contributed by atoms with Gasteiger partial charge in [-0.15, -0.1) is 0 Å². The number of hydrogen-bond donors (Lipinski definition) is 3. The second-order valence-electron chi connectivity index (χ2n) is 5.01. The van der Waals surface area contributed by atoms with Crippen molar-refractivity contribution in [2.24, 2.45) is 5.92 Å². The van der Waals surface area contributed by atoms with Crippen LogP contribution < -0.4 is 15.4 Å². The van der Waals surface area contributed by atoms with Gasteiger partial charge in [0, 0.05) is 25.7 Å². The lowest BCUT2D eigenvalue weighted by Crippen LogP contribution is -2.30. The van der Waals surface area contributed by atoms with Crippen LogP contribution in [0.5, 0.6) is 5.75 Å². The van der Waals surface area contributed by atoms with Gasteiger partial charge < -0.3 is 20.5 Å². The van der Waals surface area contributed by atoms with Gasteiger partial charge in [0.25, 0.3) is 5.91 Å². The summed E-state index contributed by atoms with van der Waals surface area (Å²) in [5.41, 5.74) is 0.965. The molecule has 0 radical (unpaired) electrons. The number of hydrogen-bond acceptors (Lipinski definition) is 4. The second-order valence-corrected chi connectivity index (χ2v) is 5.01. The first kappa shape index (κ1) is 16.5. The fraction of sp³-hybridized carbons (Fsp3) is 0.533. The number of carbonyl (C=O) groups excluding carboxylic acids is 1. The van der Waals surface area contributed by atoms with Gasteiger partial charge in [0.15, 0.2) is 6.61 Å². The minimum Gasteiger partial charge on any atom is -0.483 e. The highest BCUT2D eigenvalue weighted by Crippen LogP contribution is 2.17. The number of aliphatic hydroxyl groups is 1. The van der Waals surface area contributed by atoms with Crippen LogP contribution in [0.25, 0.3) is 0 Å². The van der Waals surface area contributed by atoms with E-state index in [2.05, 4.69) is 10.6 Å². The molecule has 0 saturated carbocycles. The van der Waals surface area contributed by atoms with Crippen molar-refractivity contribution in [3.63, 3.8) is 0 Å². The standard InChI is InChI=1S/C15H24N2O3/c1-11(2)13(18)9-17-8-12-6-4-5-7-14(12)20-10-15(19)16-3/h4-7,11,13,17-18H,8-10H2,1-3H3,(H,16,19). The molecule has 20 heavy (non-hydrogen) atoms. The van der Waals surface area contributed by atoms with E-state index >= 15 is 0 Å². The Labute approximate surface area is 120 Å². The van der Waals surface area contributed by atoms with Gasteiger partial charge in [-0.25, -0.2) is 0 Å². The van der Waals surface area contributed by atoms with E-state index in [0.717, 1.165) is 5.56 Å². The number of rotatable bonds is 8. The highest BCUT2D eigenvalue weighted by Gasteiger charge is 2.09. The molecule has 0 aliphatic heterocycles. The Morgan fingerprint density at radius 1 is 1.35 bits per heavy atom. The smallest absolute Gasteiger partial charge is 0.257 e. The molecule has 1 rings (SSSR count). The molecule has 0 spiro atoms. The maximum absolute atomic E-state index is 11.2. The monoisotopic (exact) mass is 280 g/mol. The summed E-state index contributed by atoms with van der Waals surface area (Å²) in [7, 11) is 1.58. The normalized spacial score (nSPS) is 12.2. The molecule has 1 aromatic rings. The summed E-state index contributed by atoms with van der Waals surface area (Å²) in [6, 6.07) is 7.56. The fourth-order valence-corrected chi connectivity index (χ4v) is 1.60. The Kier molecular flexibility index (Phi) is 7.04. The van der Waals surface area contributed by atoms with Gasteiger partial charge in [0.2, 0.25) is 0 Å². The van der Waals surface area contributed by atoms with Crippen molar-refractivity contribution in [2.45, 2.75) is 26.5 Å². The first-order valence-corrected chi connectivity index (χ1v) is 6.84. The molecule has 5 nitrogen and oxygen atoms in total. The largest absolute Gasteiger partial charge is 0.483 e. The van der Waals surface area contributed by atoms with Crippen molar-refractivity contribution >= 4 is 5.91 Å². The van der Waals surface area contributed by atoms with Crippen LogP contribution in [0.2, 0.25) is 0 Å². The lowest BCUT2D eigenvalue weighted by atomic mass is 10.1. The van der Waals surface area contributed by atoms with Gasteiger partial charge >= 0.3 is 0 Å². The average Bonchev–Trinajstić information content (AvgIpc) is 2.45. The molecule has 0 aliphatic rings. The summed E-state index contributed by atoms with van der Waals surface area (Å²) < 4.78 is 5.48. The van der Waals surface area contributed by atoms with Crippen LogP contribution in [0.15, 0.2) is 24.3 Å². The molecular weight excluding hydrogens is 256 g/mol. The number of nitrogens with one attached hydrogen (secondary N) is 2. The average molecular weight is 280 g/mol. The van der Waals surface area contributed by atoms with Gasteiger partial charge in [-0.2, -0.15) is 0 Å². The summed E-state index contributed by atoms with van der Waals surface area (Å²) in [6.45, 7) is 5.08. The van der Waals surface area contributed by atoms with E-state index in [-0.39, 0.29) is 24.5 Å². The molecule has 3 N–H and O–H groups in total. The van der Waals surface area contributed by atoms with Crippen LogP contribution >= 0.6 is 0 Å². The Balaban J connectivity index is 2.50. The van der Waals surface area contributed by atoms with Crippen LogP contribution in [-0.2, 0) is 11.3 Å². The number of para-hydroxylation sites is 1. The van der Waals surface area contributed by atoms with Gasteiger partial charge in [0.05, 0.1) is 6.10 Å².